The maximum absolute atomic E-state index is 14.1. The van der Waals surface area contributed by atoms with Crippen LogP contribution >= 0.6 is 11.3 Å². The molecule has 1 saturated carbocycles. The fraction of sp³-hybridized carbons (Fsp3) is 0.333. The van der Waals surface area contributed by atoms with E-state index in [2.05, 4.69) is 58.6 Å². The smallest absolute Gasteiger partial charge is 0.243 e. The molecule has 0 spiro atoms. The van der Waals surface area contributed by atoms with Crippen molar-refractivity contribution in [1.29, 1.82) is 0 Å². The minimum Gasteiger partial charge on any atom is -0.354 e. The van der Waals surface area contributed by atoms with Crippen molar-refractivity contribution in [3.8, 4) is 11.3 Å². The molecule has 2 unspecified atom stereocenters. The van der Waals surface area contributed by atoms with Crippen LogP contribution in [0.4, 0.5) is 5.69 Å². The van der Waals surface area contributed by atoms with Gasteiger partial charge in [0.25, 0.3) is 0 Å². The Kier molecular flexibility index (Phi) is 9.07. The molecule has 1 aliphatic rings. The van der Waals surface area contributed by atoms with Crippen LogP contribution in [0.5, 0.6) is 0 Å². The van der Waals surface area contributed by atoms with Crippen molar-refractivity contribution < 1.29 is 4.79 Å². The molecule has 1 aliphatic carbocycles. The van der Waals surface area contributed by atoms with Gasteiger partial charge in [0, 0.05) is 18.3 Å². The highest BCUT2D eigenvalue weighted by Gasteiger charge is 2.27. The van der Waals surface area contributed by atoms with Gasteiger partial charge in [0.15, 0.2) is 4.80 Å². The van der Waals surface area contributed by atoms with E-state index in [9.17, 15) is 4.79 Å². The molecule has 1 heterocycles. The summed E-state index contributed by atoms with van der Waals surface area (Å²) in [6, 6.07) is 28.3. The maximum Gasteiger partial charge on any atom is 0.243 e. The molecule has 1 aromatic heterocycles. The molecule has 3 aromatic carbocycles. The summed E-state index contributed by atoms with van der Waals surface area (Å²) in [5.74, 6) is 1.08. The van der Waals surface area contributed by atoms with Gasteiger partial charge < -0.3 is 15.6 Å². The highest BCUT2D eigenvalue weighted by Crippen LogP contribution is 2.29. The molecule has 4 aromatic rings. The summed E-state index contributed by atoms with van der Waals surface area (Å²) in [5, 5.41) is 5.47. The zero-order chi connectivity index (χ0) is 27.0. The minimum atomic E-state index is -0.439. The lowest BCUT2D eigenvalue weighted by molar-refractivity contribution is -0.124. The molecule has 5 rings (SSSR count). The van der Waals surface area contributed by atoms with Crippen molar-refractivity contribution in [3.05, 3.63) is 106 Å². The van der Waals surface area contributed by atoms with E-state index in [1.165, 1.54) is 12.8 Å². The molecular weight excluding hydrogens is 500 g/mol. The molecule has 0 aliphatic heterocycles. The predicted molar refractivity (Wildman–Crippen MR) is 161 cm³/mol. The fourth-order valence-corrected chi connectivity index (χ4v) is 6.60. The second-order valence-corrected chi connectivity index (χ2v) is 11.5. The predicted octanol–water partition coefficient (Wildman–Crippen LogP) is 6.42. The summed E-state index contributed by atoms with van der Waals surface area (Å²) < 4.78 is 2.15. The van der Waals surface area contributed by atoms with Crippen LogP contribution < -0.4 is 15.9 Å². The number of aryl methyl sites for hydroxylation is 1. The molecule has 0 radical (unpaired) electrons. The number of nitrogens with two attached hydrogens (primary N) is 1. The first kappa shape index (κ1) is 27.1. The number of benzene rings is 3. The van der Waals surface area contributed by atoms with Gasteiger partial charge in [-0.25, -0.2) is 4.99 Å². The second kappa shape index (κ2) is 13.0. The fourth-order valence-electron chi connectivity index (χ4n) is 5.63. The van der Waals surface area contributed by atoms with Gasteiger partial charge >= 0.3 is 0 Å². The quantitative estimate of drug-likeness (QED) is 0.258. The van der Waals surface area contributed by atoms with E-state index in [1.54, 1.807) is 11.3 Å². The van der Waals surface area contributed by atoms with Crippen molar-refractivity contribution in [2.75, 3.05) is 13.1 Å². The summed E-state index contributed by atoms with van der Waals surface area (Å²) >= 11 is 1.58. The number of thiazole rings is 1. The van der Waals surface area contributed by atoms with Crippen molar-refractivity contribution in [2.45, 2.75) is 45.1 Å². The van der Waals surface area contributed by atoms with E-state index < -0.39 is 6.04 Å². The Labute approximate surface area is 235 Å². The summed E-state index contributed by atoms with van der Waals surface area (Å²) in [4.78, 5) is 20.0. The molecule has 6 heteroatoms. The Morgan fingerprint density at radius 1 is 1.03 bits per heavy atom. The topological polar surface area (TPSA) is 72.4 Å². The summed E-state index contributed by atoms with van der Waals surface area (Å²) in [6.07, 6.45) is 5.21. The third-order valence-electron chi connectivity index (χ3n) is 7.71. The molecule has 3 N–H and O–H groups in total. The third kappa shape index (κ3) is 6.94. The molecule has 3 atom stereocenters. The van der Waals surface area contributed by atoms with Crippen LogP contribution in [0.1, 0.15) is 42.9 Å². The van der Waals surface area contributed by atoms with E-state index >= 15 is 0 Å². The monoisotopic (exact) mass is 538 g/mol. The first-order valence-corrected chi connectivity index (χ1v) is 14.9. The highest BCUT2D eigenvalue weighted by atomic mass is 32.1. The lowest BCUT2D eigenvalue weighted by atomic mass is 9.81. The van der Waals surface area contributed by atoms with Crippen LogP contribution in [0.2, 0.25) is 0 Å². The van der Waals surface area contributed by atoms with Gasteiger partial charge in [-0.05, 0) is 73.4 Å². The van der Waals surface area contributed by atoms with E-state index in [0.717, 1.165) is 52.3 Å². The third-order valence-corrected chi connectivity index (χ3v) is 8.55. The minimum absolute atomic E-state index is 0.0370. The average Bonchev–Trinajstić information content (AvgIpc) is 3.38. The second-order valence-electron chi connectivity index (χ2n) is 10.7. The molecule has 1 amide bonds. The Morgan fingerprint density at radius 2 is 1.77 bits per heavy atom. The Bertz CT molecular complexity index is 1430. The number of nitrogens with zero attached hydrogens (tertiary/aromatic N) is 2. The highest BCUT2D eigenvalue weighted by molar-refractivity contribution is 7.07. The number of hydrogen-bond donors (Lipinski definition) is 2. The number of rotatable bonds is 9. The van der Waals surface area contributed by atoms with Gasteiger partial charge in [-0.15, -0.1) is 11.3 Å². The Balaban J connectivity index is 1.55. The van der Waals surface area contributed by atoms with E-state index in [1.807, 2.05) is 48.5 Å². The molecule has 1 fully saturated rings. The number of aromatic nitrogens is 1. The molecule has 39 heavy (non-hydrogen) atoms. The van der Waals surface area contributed by atoms with E-state index in [0.29, 0.717) is 24.8 Å². The van der Waals surface area contributed by atoms with E-state index in [-0.39, 0.29) is 5.91 Å². The SMILES string of the molecule is Cc1cccc(N=c2scc(-c3ccccc3)n2[C@H](Cc2ccccc2)C(=O)NCC2CCCC(CN)C2)c1. The van der Waals surface area contributed by atoms with Crippen molar-refractivity contribution in [3.63, 3.8) is 0 Å². The summed E-state index contributed by atoms with van der Waals surface area (Å²) in [6.45, 7) is 3.50. The standard InChI is InChI=1S/C33H38N4OS/c1-24-10-8-17-29(18-24)36-33-37(31(23-39-33)28-15-6-3-7-16-28)30(20-25-11-4-2-5-12-25)32(38)35-22-27-14-9-13-26(19-27)21-34/h2-8,10-12,15-18,23,26-27,30H,9,13-14,19-22,34H2,1H3,(H,35,38)/t26?,27?,30-/m1/s1. The van der Waals surface area contributed by atoms with Gasteiger partial charge in [-0.1, -0.05) is 79.2 Å². The molecule has 5 nitrogen and oxygen atoms in total. The molecular formula is C33H38N4OS. The number of carbonyl (C=O) groups is 1. The average molecular weight is 539 g/mol. The zero-order valence-corrected chi connectivity index (χ0v) is 23.4. The van der Waals surface area contributed by atoms with Crippen molar-refractivity contribution in [2.24, 2.45) is 22.6 Å². The van der Waals surface area contributed by atoms with Crippen molar-refractivity contribution >= 4 is 22.9 Å². The van der Waals surface area contributed by atoms with Gasteiger partial charge in [0.05, 0.1) is 11.4 Å². The van der Waals surface area contributed by atoms with Gasteiger partial charge in [-0.3, -0.25) is 4.79 Å². The Morgan fingerprint density at radius 3 is 2.51 bits per heavy atom. The number of hydrogen-bond acceptors (Lipinski definition) is 4. The summed E-state index contributed by atoms with van der Waals surface area (Å²) in [7, 11) is 0. The van der Waals surface area contributed by atoms with Gasteiger partial charge in [0.1, 0.15) is 6.04 Å². The number of nitrogens with one attached hydrogen (secondary N) is 1. The Hall–Kier alpha value is -3.48. The first-order valence-electron chi connectivity index (χ1n) is 14.0. The van der Waals surface area contributed by atoms with Crippen LogP contribution in [0, 0.1) is 18.8 Å². The lowest BCUT2D eigenvalue weighted by Crippen LogP contribution is -2.40. The van der Waals surface area contributed by atoms with Crippen LogP contribution in [0.3, 0.4) is 0 Å². The number of carbonyl (C=O) groups excluding carboxylic acids is 1. The molecule has 202 valence electrons. The van der Waals surface area contributed by atoms with Crippen LogP contribution in [0.15, 0.2) is 95.3 Å². The lowest BCUT2D eigenvalue weighted by Gasteiger charge is -2.29. The zero-order valence-electron chi connectivity index (χ0n) is 22.6. The molecule has 0 bridgehead atoms. The largest absolute Gasteiger partial charge is 0.354 e. The number of amides is 1. The van der Waals surface area contributed by atoms with Crippen LogP contribution in [-0.2, 0) is 11.2 Å². The first-order chi connectivity index (χ1) is 19.1. The summed E-state index contributed by atoms with van der Waals surface area (Å²) in [5.41, 5.74) is 11.2. The van der Waals surface area contributed by atoms with Crippen molar-refractivity contribution in [1.82, 2.24) is 9.88 Å². The van der Waals surface area contributed by atoms with Crippen LogP contribution in [0.25, 0.3) is 11.3 Å². The molecule has 0 saturated heterocycles. The van der Waals surface area contributed by atoms with E-state index in [4.69, 9.17) is 10.7 Å². The van der Waals surface area contributed by atoms with Gasteiger partial charge in [0.2, 0.25) is 5.91 Å². The maximum atomic E-state index is 14.1. The van der Waals surface area contributed by atoms with Crippen LogP contribution in [-0.4, -0.2) is 23.6 Å². The van der Waals surface area contributed by atoms with Gasteiger partial charge in [-0.2, -0.15) is 0 Å². The normalized spacial score (nSPS) is 18.6.